The van der Waals surface area contributed by atoms with Crippen molar-refractivity contribution in [3.05, 3.63) is 70.6 Å². The van der Waals surface area contributed by atoms with Crippen LogP contribution in [0.4, 0.5) is 36.4 Å². The molecule has 0 fully saturated rings. The van der Waals surface area contributed by atoms with Crippen molar-refractivity contribution in [2.75, 3.05) is 5.01 Å². The van der Waals surface area contributed by atoms with Gasteiger partial charge in [-0.15, -0.1) is 0 Å². The number of H-pyrrole nitrogens is 1. The van der Waals surface area contributed by atoms with Gasteiger partial charge >= 0.3 is 6.18 Å². The molecule has 0 spiro atoms. The molecule has 4 rings (SSSR count). The van der Waals surface area contributed by atoms with Gasteiger partial charge in [0.2, 0.25) is 0 Å². The van der Waals surface area contributed by atoms with Crippen molar-refractivity contribution in [3.63, 3.8) is 0 Å². The van der Waals surface area contributed by atoms with Crippen LogP contribution >= 0.6 is 0 Å². The molecule has 7 nitrogen and oxygen atoms in total. The number of carbonyl (C=O) groups is 2. The SMILES string of the molecule is NC(=O)c1cc2c([nH]c3ccccc32)c(C(=O)N(N)c2c(F)c(F)c(C(F)(F)F)c(F)c2F)n1. The Hall–Kier alpha value is -4.20. The normalized spacial score (nSPS) is 11.9. The number of aromatic nitrogens is 2. The Kier molecular flexibility index (Phi) is 5.20. The summed E-state index contributed by atoms with van der Waals surface area (Å²) in [5, 5.41) is 0.237. The highest BCUT2D eigenvalue weighted by Gasteiger charge is 2.43. The Balaban J connectivity index is 1.95. The van der Waals surface area contributed by atoms with Crippen LogP contribution in [0.5, 0.6) is 0 Å². The maximum atomic E-state index is 14.4. The number of anilines is 1. The number of primary amides is 1. The smallest absolute Gasteiger partial charge is 0.364 e. The predicted molar refractivity (Wildman–Crippen MR) is 104 cm³/mol. The van der Waals surface area contributed by atoms with Gasteiger partial charge in [-0.05, 0) is 12.1 Å². The van der Waals surface area contributed by atoms with Gasteiger partial charge in [0.05, 0.1) is 5.52 Å². The van der Waals surface area contributed by atoms with E-state index in [2.05, 4.69) is 9.97 Å². The molecule has 0 atom stereocenters. The average Bonchev–Trinajstić information content (AvgIpc) is 3.14. The van der Waals surface area contributed by atoms with E-state index in [-0.39, 0.29) is 10.9 Å². The van der Waals surface area contributed by atoms with Crippen LogP contribution in [0.15, 0.2) is 30.3 Å². The number of nitrogens with zero attached hydrogens (tertiary/aromatic N) is 2. The number of pyridine rings is 1. The van der Waals surface area contributed by atoms with E-state index in [9.17, 15) is 40.3 Å². The molecule has 2 amide bonds. The number of aromatic amines is 1. The lowest BCUT2D eigenvalue weighted by Gasteiger charge is -2.20. The monoisotopic (exact) mass is 485 g/mol. The molecule has 2 heterocycles. The molecule has 0 bridgehead atoms. The summed E-state index contributed by atoms with van der Waals surface area (Å²) in [6.45, 7) is 0. The van der Waals surface area contributed by atoms with Crippen LogP contribution in [-0.2, 0) is 6.18 Å². The minimum absolute atomic E-state index is 0.0969. The van der Waals surface area contributed by atoms with Gasteiger partial charge in [0.15, 0.2) is 29.0 Å². The third-order valence-electron chi connectivity index (χ3n) is 4.93. The lowest BCUT2D eigenvalue weighted by molar-refractivity contribution is -0.143. The fraction of sp³-hybridized carbons (Fsp3) is 0.0500. The molecule has 5 N–H and O–H groups in total. The van der Waals surface area contributed by atoms with Crippen LogP contribution in [0.1, 0.15) is 26.5 Å². The summed E-state index contributed by atoms with van der Waals surface area (Å²) >= 11 is 0. The Bertz CT molecular complexity index is 1480. The largest absolute Gasteiger partial charge is 0.422 e. The zero-order valence-electron chi connectivity index (χ0n) is 16.4. The summed E-state index contributed by atoms with van der Waals surface area (Å²) in [6, 6.07) is 7.62. The summed E-state index contributed by atoms with van der Waals surface area (Å²) < 4.78 is 95.3. The van der Waals surface area contributed by atoms with Gasteiger partial charge in [-0.1, -0.05) is 18.2 Å². The Morgan fingerprint density at radius 1 is 0.941 bits per heavy atom. The lowest BCUT2D eigenvalue weighted by atomic mass is 10.1. The number of nitrogens with two attached hydrogens (primary N) is 2. The van der Waals surface area contributed by atoms with Crippen molar-refractivity contribution in [1.29, 1.82) is 0 Å². The first-order valence-electron chi connectivity index (χ1n) is 9.08. The highest BCUT2D eigenvalue weighted by molar-refractivity contribution is 6.18. The van der Waals surface area contributed by atoms with E-state index in [1.807, 2.05) is 0 Å². The first-order valence-corrected chi connectivity index (χ1v) is 9.08. The summed E-state index contributed by atoms with van der Waals surface area (Å²) in [7, 11) is 0. The van der Waals surface area contributed by atoms with E-state index in [0.29, 0.717) is 10.9 Å². The second-order valence-electron chi connectivity index (χ2n) is 6.97. The minimum Gasteiger partial charge on any atom is -0.364 e. The van der Waals surface area contributed by atoms with E-state index in [4.69, 9.17) is 11.6 Å². The first kappa shape index (κ1) is 23.0. The minimum atomic E-state index is -5.79. The van der Waals surface area contributed by atoms with Crippen molar-refractivity contribution < 1.29 is 40.3 Å². The predicted octanol–water partition coefficient (Wildman–Crippen LogP) is 3.91. The van der Waals surface area contributed by atoms with Crippen molar-refractivity contribution >= 4 is 39.3 Å². The number of nitrogens with one attached hydrogen (secondary N) is 1. The molecule has 14 heteroatoms. The molecule has 0 aliphatic rings. The molecule has 0 aliphatic carbocycles. The van der Waals surface area contributed by atoms with Gasteiger partial charge in [0, 0.05) is 16.3 Å². The van der Waals surface area contributed by atoms with Gasteiger partial charge < -0.3 is 10.7 Å². The Morgan fingerprint density at radius 3 is 2.09 bits per heavy atom. The molecular formula is C20H10F7N5O2. The number of hydrogen-bond acceptors (Lipinski definition) is 4. The van der Waals surface area contributed by atoms with Gasteiger partial charge in [-0.2, -0.15) is 13.2 Å². The van der Waals surface area contributed by atoms with Gasteiger partial charge in [0.1, 0.15) is 16.9 Å². The molecule has 0 saturated heterocycles. The molecule has 2 aromatic heterocycles. The van der Waals surface area contributed by atoms with Crippen molar-refractivity contribution in [1.82, 2.24) is 9.97 Å². The molecule has 2 aromatic carbocycles. The van der Waals surface area contributed by atoms with Crippen LogP contribution in [0.3, 0.4) is 0 Å². The Morgan fingerprint density at radius 2 is 1.53 bits per heavy atom. The van der Waals surface area contributed by atoms with Gasteiger partial charge in [-0.3, -0.25) is 9.59 Å². The number of para-hydroxylation sites is 1. The number of carbonyl (C=O) groups excluding carboxylic acids is 2. The fourth-order valence-corrected chi connectivity index (χ4v) is 3.42. The summed E-state index contributed by atoms with van der Waals surface area (Å²) in [5.41, 5.74) is -0.432. The van der Waals surface area contributed by atoms with Crippen molar-refractivity contribution in [2.45, 2.75) is 6.18 Å². The van der Waals surface area contributed by atoms with E-state index < -0.39 is 68.9 Å². The molecule has 4 aromatic rings. The third kappa shape index (κ3) is 3.39. The van der Waals surface area contributed by atoms with Crippen LogP contribution in [0.25, 0.3) is 21.8 Å². The van der Waals surface area contributed by atoms with Crippen LogP contribution < -0.4 is 16.6 Å². The van der Waals surface area contributed by atoms with Gasteiger partial charge in [-0.25, -0.2) is 33.4 Å². The molecule has 0 saturated carbocycles. The quantitative estimate of drug-likeness (QED) is 0.134. The number of benzene rings is 2. The highest BCUT2D eigenvalue weighted by Crippen LogP contribution is 2.39. The number of rotatable bonds is 3. The van der Waals surface area contributed by atoms with Crippen LogP contribution in [-0.4, -0.2) is 21.8 Å². The van der Waals surface area contributed by atoms with Crippen LogP contribution in [0, 0.1) is 23.3 Å². The molecule has 176 valence electrons. The zero-order valence-corrected chi connectivity index (χ0v) is 16.4. The average molecular weight is 485 g/mol. The molecule has 34 heavy (non-hydrogen) atoms. The van der Waals surface area contributed by atoms with Crippen molar-refractivity contribution in [2.24, 2.45) is 11.6 Å². The highest BCUT2D eigenvalue weighted by atomic mass is 19.4. The number of hydrogen-bond donors (Lipinski definition) is 3. The van der Waals surface area contributed by atoms with E-state index in [1.165, 1.54) is 6.07 Å². The van der Waals surface area contributed by atoms with Gasteiger partial charge in [0.25, 0.3) is 11.8 Å². The molecule has 0 aliphatic heterocycles. The summed E-state index contributed by atoms with van der Waals surface area (Å²) in [5.74, 6) is -8.07. The topological polar surface area (TPSA) is 118 Å². The summed E-state index contributed by atoms with van der Waals surface area (Å²) in [6.07, 6.45) is -5.79. The number of alkyl halides is 3. The van der Waals surface area contributed by atoms with E-state index in [1.54, 1.807) is 24.3 Å². The van der Waals surface area contributed by atoms with E-state index >= 15 is 0 Å². The number of hydrazine groups is 1. The summed E-state index contributed by atoms with van der Waals surface area (Å²) in [4.78, 5) is 31.2. The second-order valence-corrected chi connectivity index (χ2v) is 6.97. The second kappa shape index (κ2) is 7.69. The third-order valence-corrected chi connectivity index (χ3v) is 4.93. The number of fused-ring (bicyclic) bond motifs is 3. The Labute approximate surface area is 183 Å². The van der Waals surface area contributed by atoms with Crippen LogP contribution in [0.2, 0.25) is 0 Å². The maximum absolute atomic E-state index is 14.4. The van der Waals surface area contributed by atoms with Crippen molar-refractivity contribution in [3.8, 4) is 0 Å². The molecular weight excluding hydrogens is 475 g/mol. The maximum Gasteiger partial charge on any atom is 0.422 e. The number of halogens is 7. The lowest BCUT2D eigenvalue weighted by Crippen LogP contribution is -2.40. The van der Waals surface area contributed by atoms with E-state index in [0.717, 1.165) is 0 Å². The fourth-order valence-electron chi connectivity index (χ4n) is 3.42. The molecule has 0 radical (unpaired) electrons. The zero-order chi connectivity index (χ0) is 25.1. The first-order chi connectivity index (χ1) is 15.8. The number of amides is 2. The molecule has 0 unspecified atom stereocenters. The standard InChI is InChI=1S/C20H10F7N5O2/c21-11-10(20(25,26)27)12(22)14(24)17(13(11)23)32(29)19(34)16-15-7(5-9(31-16)18(28)33)6-3-1-2-4-8(6)30-15/h1-5,30H,29H2,(H2,28,33).